The molecule has 0 aliphatic carbocycles. The summed E-state index contributed by atoms with van der Waals surface area (Å²) in [6, 6.07) is 0. The molecule has 1 aliphatic heterocycles. The van der Waals surface area contributed by atoms with E-state index in [4.69, 9.17) is 32.7 Å². The number of phenols is 2. The summed E-state index contributed by atoms with van der Waals surface area (Å²) in [5, 5.41) is 20.4. The molecule has 0 saturated carbocycles. The zero-order valence-corrected chi connectivity index (χ0v) is 14.9. The van der Waals surface area contributed by atoms with Gasteiger partial charge in [0.1, 0.15) is 22.8 Å². The fraction of sp³-hybridized carbons (Fsp3) is 0.235. The summed E-state index contributed by atoms with van der Waals surface area (Å²) in [4.78, 5) is 12.6. The average Bonchev–Trinajstić information content (AvgIpc) is 2.71. The Balaban J connectivity index is 2.40. The minimum atomic E-state index is -0.685. The molecule has 3 rings (SSSR count). The predicted octanol–water partition coefficient (Wildman–Crippen LogP) is 4.96. The van der Waals surface area contributed by atoms with Gasteiger partial charge in [0.15, 0.2) is 11.5 Å². The number of fused-ring (bicyclic) bond motifs is 2. The largest absolute Gasteiger partial charge is 0.506 e. The molecule has 2 aromatic carbocycles. The monoisotopic (exact) mass is 368 g/mol. The first-order valence-corrected chi connectivity index (χ1v) is 7.85. The maximum Gasteiger partial charge on any atom is 0.347 e. The Kier molecular flexibility index (Phi) is 3.81. The van der Waals surface area contributed by atoms with Crippen molar-refractivity contribution in [1.82, 2.24) is 0 Å². The molecule has 0 atom stereocenters. The van der Waals surface area contributed by atoms with Crippen LogP contribution in [0.3, 0.4) is 0 Å². The van der Waals surface area contributed by atoms with Crippen LogP contribution in [0.4, 0.5) is 0 Å². The van der Waals surface area contributed by atoms with Crippen LogP contribution in [-0.2, 0) is 0 Å². The van der Waals surface area contributed by atoms with Gasteiger partial charge in [0.2, 0.25) is 0 Å². The van der Waals surface area contributed by atoms with E-state index in [1.807, 2.05) is 0 Å². The van der Waals surface area contributed by atoms with Gasteiger partial charge in [-0.3, -0.25) is 0 Å². The first kappa shape index (κ1) is 16.7. The fourth-order valence-corrected chi connectivity index (χ4v) is 3.14. The third-order valence-electron chi connectivity index (χ3n) is 4.22. The van der Waals surface area contributed by atoms with Crippen LogP contribution in [0, 0.1) is 27.7 Å². The van der Waals surface area contributed by atoms with E-state index in [1.54, 1.807) is 27.7 Å². The highest BCUT2D eigenvalue weighted by Gasteiger charge is 2.33. The van der Waals surface area contributed by atoms with E-state index < -0.39 is 5.97 Å². The van der Waals surface area contributed by atoms with Crippen molar-refractivity contribution in [2.75, 3.05) is 0 Å². The summed E-state index contributed by atoms with van der Waals surface area (Å²) in [6.07, 6.45) is 0. The topological polar surface area (TPSA) is 76.0 Å². The number of phenolic OH excluding ortho intramolecular Hbond substituents is 2. The van der Waals surface area contributed by atoms with Crippen molar-refractivity contribution in [3.05, 3.63) is 37.9 Å². The van der Waals surface area contributed by atoms with E-state index in [0.717, 1.165) is 0 Å². The number of rotatable bonds is 0. The van der Waals surface area contributed by atoms with E-state index in [2.05, 4.69) is 0 Å². The number of ether oxygens (including phenoxy) is 2. The molecule has 1 aliphatic rings. The summed E-state index contributed by atoms with van der Waals surface area (Å²) in [7, 11) is 0. The summed E-state index contributed by atoms with van der Waals surface area (Å²) < 4.78 is 11.3. The number of hydrogen-bond acceptors (Lipinski definition) is 5. The second-order valence-corrected chi connectivity index (χ2v) is 6.44. The molecule has 0 amide bonds. The number of carbonyl (C=O) groups excluding carboxylic acids is 1. The van der Waals surface area contributed by atoms with Crippen molar-refractivity contribution in [2.24, 2.45) is 0 Å². The molecule has 2 aromatic rings. The predicted molar refractivity (Wildman–Crippen MR) is 90.2 cm³/mol. The van der Waals surface area contributed by atoms with Crippen molar-refractivity contribution in [1.29, 1.82) is 0 Å². The van der Waals surface area contributed by atoms with E-state index in [9.17, 15) is 15.0 Å². The highest BCUT2D eigenvalue weighted by Crippen LogP contribution is 2.52. The first-order chi connectivity index (χ1) is 11.2. The molecule has 24 heavy (non-hydrogen) atoms. The minimum absolute atomic E-state index is 0.0621. The molecule has 2 N–H and O–H groups in total. The number of aromatic hydroxyl groups is 2. The lowest BCUT2D eigenvalue weighted by molar-refractivity contribution is 0.0735. The number of hydrogen-bond donors (Lipinski definition) is 2. The third-order valence-corrected chi connectivity index (χ3v) is 5.14. The zero-order chi connectivity index (χ0) is 17.9. The smallest absolute Gasteiger partial charge is 0.347 e. The molecule has 126 valence electrons. The molecule has 5 nitrogen and oxygen atoms in total. The second-order valence-electron chi connectivity index (χ2n) is 5.68. The van der Waals surface area contributed by atoms with Crippen molar-refractivity contribution in [2.45, 2.75) is 27.7 Å². The molecule has 0 saturated heterocycles. The summed E-state index contributed by atoms with van der Waals surface area (Å²) in [6.45, 7) is 6.38. The van der Waals surface area contributed by atoms with Gasteiger partial charge in [0.05, 0.1) is 10.0 Å². The van der Waals surface area contributed by atoms with Gasteiger partial charge >= 0.3 is 5.97 Å². The Bertz CT molecular complexity index is 919. The van der Waals surface area contributed by atoms with Crippen LogP contribution in [0.2, 0.25) is 10.0 Å². The number of carbonyl (C=O) groups is 1. The molecular weight excluding hydrogens is 355 g/mol. The fourth-order valence-electron chi connectivity index (χ4n) is 2.67. The molecule has 0 unspecified atom stereocenters. The van der Waals surface area contributed by atoms with Crippen molar-refractivity contribution >= 4 is 29.2 Å². The standard InChI is InChI=1S/C17H14Cl2O5/c1-5-9-14(7(3)12(20)10(5)18)23-15-6(2)11(19)13(21)8(4)16(15)24-17(9)22/h20-21H,1-4H3. The maximum absolute atomic E-state index is 12.6. The lowest BCUT2D eigenvalue weighted by Crippen LogP contribution is -2.11. The van der Waals surface area contributed by atoms with E-state index in [0.29, 0.717) is 16.7 Å². The lowest BCUT2D eigenvalue weighted by Gasteiger charge is -2.17. The van der Waals surface area contributed by atoms with Crippen LogP contribution >= 0.6 is 23.2 Å². The number of esters is 1. The van der Waals surface area contributed by atoms with E-state index in [-0.39, 0.29) is 49.9 Å². The molecule has 0 aromatic heterocycles. The Morgan fingerprint density at radius 1 is 0.708 bits per heavy atom. The van der Waals surface area contributed by atoms with Crippen molar-refractivity contribution in [3.8, 4) is 28.7 Å². The van der Waals surface area contributed by atoms with Crippen LogP contribution in [0.15, 0.2) is 0 Å². The Morgan fingerprint density at radius 3 is 1.75 bits per heavy atom. The van der Waals surface area contributed by atoms with E-state index >= 15 is 0 Å². The molecule has 7 heteroatoms. The third kappa shape index (κ3) is 2.12. The molecular formula is C17H14Cl2O5. The molecule has 0 fully saturated rings. The van der Waals surface area contributed by atoms with Crippen LogP contribution in [0.25, 0.3) is 0 Å². The van der Waals surface area contributed by atoms with Crippen LogP contribution in [-0.4, -0.2) is 16.2 Å². The second kappa shape index (κ2) is 5.46. The van der Waals surface area contributed by atoms with Crippen LogP contribution < -0.4 is 9.47 Å². The lowest BCUT2D eigenvalue weighted by atomic mass is 10.0. The number of halogens is 2. The summed E-state index contributed by atoms with van der Waals surface area (Å²) >= 11 is 12.2. The highest BCUT2D eigenvalue weighted by molar-refractivity contribution is 6.34. The van der Waals surface area contributed by atoms with Gasteiger partial charge in [-0.25, -0.2) is 4.79 Å². The Labute approximate surface area is 148 Å². The van der Waals surface area contributed by atoms with Gasteiger partial charge < -0.3 is 19.7 Å². The SMILES string of the molecule is Cc1c(O)c(Cl)c(C)c2c1OC(=O)c1c(C)c(Cl)c(O)c(C)c1O2. The maximum atomic E-state index is 12.6. The van der Waals surface area contributed by atoms with Gasteiger partial charge in [-0.05, 0) is 33.3 Å². The molecule has 0 radical (unpaired) electrons. The van der Waals surface area contributed by atoms with Gasteiger partial charge in [-0.15, -0.1) is 0 Å². The summed E-state index contributed by atoms with van der Waals surface area (Å²) in [5.74, 6) is -0.567. The molecule has 1 heterocycles. The number of benzene rings is 2. The Morgan fingerprint density at radius 2 is 1.17 bits per heavy atom. The zero-order valence-electron chi connectivity index (χ0n) is 13.4. The minimum Gasteiger partial charge on any atom is -0.506 e. The van der Waals surface area contributed by atoms with Crippen molar-refractivity contribution in [3.63, 3.8) is 0 Å². The quantitative estimate of drug-likeness (QED) is 0.507. The van der Waals surface area contributed by atoms with Crippen LogP contribution in [0.5, 0.6) is 28.7 Å². The molecule has 0 spiro atoms. The van der Waals surface area contributed by atoms with Gasteiger partial charge in [-0.2, -0.15) is 0 Å². The first-order valence-electron chi connectivity index (χ1n) is 7.10. The van der Waals surface area contributed by atoms with Gasteiger partial charge in [0, 0.05) is 16.7 Å². The van der Waals surface area contributed by atoms with Gasteiger partial charge in [-0.1, -0.05) is 23.2 Å². The Hall–Kier alpha value is -2.11. The average molecular weight is 369 g/mol. The van der Waals surface area contributed by atoms with E-state index in [1.165, 1.54) is 0 Å². The van der Waals surface area contributed by atoms with Crippen LogP contribution in [0.1, 0.15) is 32.6 Å². The van der Waals surface area contributed by atoms with Crippen molar-refractivity contribution < 1.29 is 24.5 Å². The normalized spacial score (nSPS) is 12.8. The summed E-state index contributed by atoms with van der Waals surface area (Å²) in [5.41, 5.74) is 1.49. The van der Waals surface area contributed by atoms with Gasteiger partial charge in [0.25, 0.3) is 0 Å². The highest BCUT2D eigenvalue weighted by atomic mass is 35.5. The molecule has 0 bridgehead atoms.